The first kappa shape index (κ1) is 15.0. The molecule has 0 aliphatic heterocycles. The highest BCUT2D eigenvalue weighted by Crippen LogP contribution is 2.11. The lowest BCUT2D eigenvalue weighted by molar-refractivity contribution is -0.122. The van der Waals surface area contributed by atoms with Gasteiger partial charge in [-0.25, -0.2) is 0 Å². The Hall–Kier alpha value is -1.07. The molecule has 0 saturated carbocycles. The molecule has 0 saturated heterocycles. The van der Waals surface area contributed by atoms with Crippen LogP contribution in [0.4, 0.5) is 0 Å². The van der Waals surface area contributed by atoms with Crippen LogP contribution in [0, 0.1) is 5.92 Å². The number of hydrogen-bond donors (Lipinski definition) is 2. The topological polar surface area (TPSA) is 75.4 Å². The van der Waals surface area contributed by atoms with Crippen molar-refractivity contribution in [3.8, 4) is 0 Å². The van der Waals surface area contributed by atoms with Crippen LogP contribution in [0.2, 0.25) is 5.15 Å². The van der Waals surface area contributed by atoms with Gasteiger partial charge in [0.2, 0.25) is 5.91 Å². The van der Waals surface area contributed by atoms with E-state index in [1.165, 1.54) is 0 Å². The van der Waals surface area contributed by atoms with Crippen molar-refractivity contribution < 1.29 is 14.4 Å². The number of carbonyl (C=O) groups is 1. The van der Waals surface area contributed by atoms with Crippen LogP contribution in [-0.2, 0) is 11.2 Å². The Bertz CT molecular complexity index is 381. The van der Waals surface area contributed by atoms with Crippen molar-refractivity contribution in [3.63, 3.8) is 0 Å². The molecule has 0 unspecified atom stereocenters. The van der Waals surface area contributed by atoms with Gasteiger partial charge in [-0.2, -0.15) is 0 Å². The number of aliphatic hydroxyl groups is 1. The number of aromatic nitrogens is 1. The summed E-state index contributed by atoms with van der Waals surface area (Å²) in [5.41, 5.74) is 0. The van der Waals surface area contributed by atoms with Gasteiger partial charge in [0, 0.05) is 18.9 Å². The van der Waals surface area contributed by atoms with E-state index in [2.05, 4.69) is 10.5 Å². The number of nitrogens with zero attached hydrogens (tertiary/aromatic N) is 1. The molecule has 1 aromatic rings. The number of hydrogen-bond acceptors (Lipinski definition) is 4. The lowest BCUT2D eigenvalue weighted by Gasteiger charge is -2.21. The van der Waals surface area contributed by atoms with Crippen LogP contribution in [-0.4, -0.2) is 28.8 Å². The maximum atomic E-state index is 11.7. The average molecular weight is 275 g/mol. The largest absolute Gasteiger partial charge is 0.394 e. The highest BCUT2D eigenvalue weighted by atomic mass is 35.5. The lowest BCUT2D eigenvalue weighted by Crippen LogP contribution is -2.41. The number of aryl methyl sites for hydroxylation is 1. The second-order valence-electron chi connectivity index (χ2n) is 4.36. The predicted molar refractivity (Wildman–Crippen MR) is 68.3 cm³/mol. The highest BCUT2D eigenvalue weighted by Gasteiger charge is 2.17. The second kappa shape index (κ2) is 7.38. The van der Waals surface area contributed by atoms with Crippen molar-refractivity contribution in [2.75, 3.05) is 6.61 Å². The molecule has 0 aromatic carbocycles. The van der Waals surface area contributed by atoms with Crippen LogP contribution in [0.25, 0.3) is 0 Å². The highest BCUT2D eigenvalue weighted by molar-refractivity contribution is 6.29. The van der Waals surface area contributed by atoms with Crippen LogP contribution in [0.15, 0.2) is 10.6 Å². The van der Waals surface area contributed by atoms with Crippen LogP contribution >= 0.6 is 11.6 Å². The van der Waals surface area contributed by atoms with Crippen molar-refractivity contribution in [2.24, 2.45) is 5.92 Å². The number of aliphatic hydroxyl groups excluding tert-OH is 1. The first-order valence-electron chi connectivity index (χ1n) is 6.08. The number of halogens is 1. The zero-order valence-corrected chi connectivity index (χ0v) is 11.4. The molecule has 1 heterocycles. The van der Waals surface area contributed by atoms with E-state index in [4.69, 9.17) is 16.1 Å². The molecular formula is C12H19ClN2O3. The van der Waals surface area contributed by atoms with E-state index in [9.17, 15) is 9.90 Å². The van der Waals surface area contributed by atoms with E-state index in [1.54, 1.807) is 6.07 Å². The maximum Gasteiger partial charge on any atom is 0.220 e. The third-order valence-corrected chi connectivity index (χ3v) is 3.18. The van der Waals surface area contributed by atoms with Crippen LogP contribution in [0.3, 0.4) is 0 Å². The Morgan fingerprint density at radius 2 is 2.39 bits per heavy atom. The van der Waals surface area contributed by atoms with Gasteiger partial charge in [-0.3, -0.25) is 4.79 Å². The zero-order chi connectivity index (χ0) is 13.5. The van der Waals surface area contributed by atoms with Crippen LogP contribution in [0.1, 0.15) is 32.4 Å². The molecule has 1 aromatic heterocycles. The van der Waals surface area contributed by atoms with E-state index in [0.29, 0.717) is 23.8 Å². The maximum absolute atomic E-state index is 11.7. The fourth-order valence-corrected chi connectivity index (χ4v) is 1.73. The third-order valence-electron chi connectivity index (χ3n) is 3.00. The molecule has 6 heteroatoms. The summed E-state index contributed by atoms with van der Waals surface area (Å²) in [5.74, 6) is 0.722. The quantitative estimate of drug-likeness (QED) is 0.795. The van der Waals surface area contributed by atoms with Crippen molar-refractivity contribution in [1.29, 1.82) is 0 Å². The third kappa shape index (κ3) is 4.66. The minimum atomic E-state index is -0.194. The van der Waals surface area contributed by atoms with E-state index < -0.39 is 0 Å². The molecule has 102 valence electrons. The summed E-state index contributed by atoms with van der Waals surface area (Å²) < 4.78 is 4.90. The summed E-state index contributed by atoms with van der Waals surface area (Å²) in [5, 5.41) is 15.8. The van der Waals surface area contributed by atoms with Crippen molar-refractivity contribution in [1.82, 2.24) is 10.5 Å². The van der Waals surface area contributed by atoms with E-state index in [-0.39, 0.29) is 24.5 Å². The summed E-state index contributed by atoms with van der Waals surface area (Å²) in [4.78, 5) is 11.7. The monoisotopic (exact) mass is 274 g/mol. The number of carbonyl (C=O) groups excluding carboxylic acids is 1. The summed E-state index contributed by atoms with van der Waals surface area (Å²) in [7, 11) is 0. The molecule has 0 aliphatic rings. The van der Waals surface area contributed by atoms with E-state index in [1.807, 2.05) is 13.8 Å². The molecule has 5 nitrogen and oxygen atoms in total. The summed E-state index contributed by atoms with van der Waals surface area (Å²) in [6.07, 6.45) is 1.64. The molecule has 0 spiro atoms. The van der Waals surface area contributed by atoms with Crippen LogP contribution < -0.4 is 5.32 Å². The summed E-state index contributed by atoms with van der Waals surface area (Å²) >= 11 is 5.60. The first-order chi connectivity index (χ1) is 8.56. The Balaban J connectivity index is 2.36. The number of rotatable bonds is 7. The Morgan fingerprint density at radius 3 is 2.89 bits per heavy atom. The van der Waals surface area contributed by atoms with E-state index >= 15 is 0 Å². The van der Waals surface area contributed by atoms with Gasteiger partial charge in [0.25, 0.3) is 0 Å². The predicted octanol–water partition coefficient (Wildman–Crippen LogP) is 1.78. The van der Waals surface area contributed by atoms with Crippen LogP contribution in [0.5, 0.6) is 0 Å². The second-order valence-corrected chi connectivity index (χ2v) is 4.75. The lowest BCUT2D eigenvalue weighted by atomic mass is 10.00. The van der Waals surface area contributed by atoms with Crippen molar-refractivity contribution in [3.05, 3.63) is 17.0 Å². The molecule has 0 radical (unpaired) electrons. The van der Waals surface area contributed by atoms with Gasteiger partial charge < -0.3 is 14.9 Å². The standard InChI is InChI=1S/C12H19ClN2O3/c1-3-8(2)10(7-16)14-12(17)5-4-9-6-11(13)15-18-9/h6,8,10,16H,3-5,7H2,1-2H3,(H,14,17)/t8-,10-/m0/s1. The Labute approximate surface area is 111 Å². The van der Waals surface area contributed by atoms with E-state index in [0.717, 1.165) is 6.42 Å². The first-order valence-corrected chi connectivity index (χ1v) is 6.46. The smallest absolute Gasteiger partial charge is 0.220 e. The van der Waals surface area contributed by atoms with Crippen molar-refractivity contribution in [2.45, 2.75) is 39.2 Å². The Morgan fingerprint density at radius 1 is 1.67 bits per heavy atom. The molecule has 0 fully saturated rings. The molecule has 0 bridgehead atoms. The molecule has 2 N–H and O–H groups in total. The van der Waals surface area contributed by atoms with Gasteiger partial charge in [0.05, 0.1) is 12.6 Å². The minimum Gasteiger partial charge on any atom is -0.394 e. The molecule has 18 heavy (non-hydrogen) atoms. The Kier molecular flexibility index (Phi) is 6.15. The normalized spacial score (nSPS) is 14.2. The summed E-state index contributed by atoms with van der Waals surface area (Å²) in [6, 6.07) is 1.40. The van der Waals surface area contributed by atoms with Gasteiger partial charge in [-0.05, 0) is 5.92 Å². The molecule has 1 amide bonds. The summed E-state index contributed by atoms with van der Waals surface area (Å²) in [6.45, 7) is 3.97. The fraction of sp³-hybridized carbons (Fsp3) is 0.667. The number of amides is 1. The van der Waals surface area contributed by atoms with Gasteiger partial charge in [0.1, 0.15) is 5.76 Å². The molecular weight excluding hydrogens is 256 g/mol. The number of nitrogens with one attached hydrogen (secondary N) is 1. The van der Waals surface area contributed by atoms with Gasteiger partial charge >= 0.3 is 0 Å². The molecule has 0 aliphatic carbocycles. The van der Waals surface area contributed by atoms with Gasteiger partial charge in [-0.1, -0.05) is 37.0 Å². The molecule has 1 rings (SSSR count). The van der Waals surface area contributed by atoms with Crippen molar-refractivity contribution >= 4 is 17.5 Å². The minimum absolute atomic E-state index is 0.0467. The van der Waals surface area contributed by atoms with Gasteiger partial charge in [0.15, 0.2) is 5.15 Å². The molecule has 2 atom stereocenters. The average Bonchev–Trinajstić information content (AvgIpc) is 2.78. The zero-order valence-electron chi connectivity index (χ0n) is 10.6. The SMILES string of the molecule is CC[C@H](C)[C@H](CO)NC(=O)CCc1cc(Cl)no1. The fourth-order valence-electron chi connectivity index (χ4n) is 1.57. The van der Waals surface area contributed by atoms with Gasteiger partial charge in [-0.15, -0.1) is 0 Å².